The standard InChI is InChI=1S/C22H34N4O2/c1-3-18(2)23-20(27)17-24-13-15-25(16-14-24)21(19-9-5-4-6-10-19)22(28)26-11-7-8-12-26/h4-6,9-10,18,21H,3,7-8,11-17H2,1-2H3,(H,23,27). The van der Waals surface area contributed by atoms with E-state index >= 15 is 0 Å². The van der Waals surface area contributed by atoms with E-state index in [1.165, 1.54) is 0 Å². The Bertz CT molecular complexity index is 637. The first-order valence-electron chi connectivity index (χ1n) is 10.7. The van der Waals surface area contributed by atoms with Gasteiger partial charge in [-0.05, 0) is 31.7 Å². The van der Waals surface area contributed by atoms with Crippen LogP contribution in [0.1, 0.15) is 44.7 Å². The number of nitrogens with one attached hydrogen (secondary N) is 1. The number of likely N-dealkylation sites (tertiary alicyclic amines) is 1. The lowest BCUT2D eigenvalue weighted by molar-refractivity contribution is -0.137. The van der Waals surface area contributed by atoms with Gasteiger partial charge >= 0.3 is 0 Å². The molecule has 2 amide bonds. The summed E-state index contributed by atoms with van der Waals surface area (Å²) in [6, 6.07) is 10.1. The first-order chi connectivity index (χ1) is 13.6. The summed E-state index contributed by atoms with van der Waals surface area (Å²) >= 11 is 0. The average Bonchev–Trinajstić information content (AvgIpc) is 3.25. The minimum atomic E-state index is -0.213. The maximum absolute atomic E-state index is 13.3. The summed E-state index contributed by atoms with van der Waals surface area (Å²) in [5, 5.41) is 3.04. The van der Waals surface area contributed by atoms with Crippen molar-refractivity contribution in [3.8, 4) is 0 Å². The van der Waals surface area contributed by atoms with Gasteiger partial charge in [0.1, 0.15) is 6.04 Å². The largest absolute Gasteiger partial charge is 0.353 e. The third-order valence-electron chi connectivity index (χ3n) is 5.93. The van der Waals surface area contributed by atoms with Crippen molar-refractivity contribution >= 4 is 11.8 Å². The molecular weight excluding hydrogens is 352 g/mol. The number of rotatable bonds is 7. The molecule has 2 heterocycles. The fourth-order valence-corrected chi connectivity index (χ4v) is 4.06. The van der Waals surface area contributed by atoms with Gasteiger partial charge < -0.3 is 10.2 Å². The molecule has 2 unspecified atom stereocenters. The normalized spacial score (nSPS) is 20.7. The van der Waals surface area contributed by atoms with Crippen molar-refractivity contribution in [2.45, 2.75) is 45.2 Å². The molecular formula is C22H34N4O2. The predicted molar refractivity (Wildman–Crippen MR) is 111 cm³/mol. The Morgan fingerprint density at radius 1 is 1.00 bits per heavy atom. The molecule has 0 saturated carbocycles. The smallest absolute Gasteiger partial charge is 0.244 e. The van der Waals surface area contributed by atoms with Crippen LogP contribution in [0.2, 0.25) is 0 Å². The molecule has 0 bridgehead atoms. The Labute approximate surface area is 168 Å². The van der Waals surface area contributed by atoms with Gasteiger partial charge in [-0.25, -0.2) is 0 Å². The van der Waals surface area contributed by atoms with Crippen LogP contribution in [-0.4, -0.2) is 78.4 Å². The Kier molecular flexibility index (Phi) is 7.45. The van der Waals surface area contributed by atoms with Crippen LogP contribution in [0.3, 0.4) is 0 Å². The summed E-state index contributed by atoms with van der Waals surface area (Å²) in [5.74, 6) is 0.321. The Hall–Kier alpha value is -1.92. The molecule has 28 heavy (non-hydrogen) atoms. The van der Waals surface area contributed by atoms with Crippen LogP contribution in [0.25, 0.3) is 0 Å². The van der Waals surface area contributed by atoms with E-state index < -0.39 is 0 Å². The average molecular weight is 387 g/mol. The molecule has 0 aliphatic carbocycles. The van der Waals surface area contributed by atoms with Gasteiger partial charge in [0.25, 0.3) is 0 Å². The molecule has 2 atom stereocenters. The highest BCUT2D eigenvalue weighted by molar-refractivity contribution is 5.83. The quantitative estimate of drug-likeness (QED) is 0.777. The summed E-state index contributed by atoms with van der Waals surface area (Å²) in [7, 11) is 0. The number of hydrogen-bond acceptors (Lipinski definition) is 4. The SMILES string of the molecule is CCC(C)NC(=O)CN1CCN(C(C(=O)N2CCCC2)c2ccccc2)CC1. The van der Waals surface area contributed by atoms with E-state index in [1.807, 2.05) is 30.0 Å². The maximum Gasteiger partial charge on any atom is 0.244 e. The highest BCUT2D eigenvalue weighted by Gasteiger charge is 2.34. The van der Waals surface area contributed by atoms with E-state index in [0.717, 1.165) is 64.1 Å². The molecule has 2 aliphatic heterocycles. The van der Waals surface area contributed by atoms with Crippen LogP contribution in [0.5, 0.6) is 0 Å². The van der Waals surface area contributed by atoms with Crippen LogP contribution in [-0.2, 0) is 9.59 Å². The van der Waals surface area contributed by atoms with Gasteiger partial charge in [-0.1, -0.05) is 37.3 Å². The topological polar surface area (TPSA) is 55.9 Å². The van der Waals surface area contributed by atoms with Crippen molar-refractivity contribution in [2.75, 3.05) is 45.8 Å². The number of carbonyl (C=O) groups excluding carboxylic acids is 2. The van der Waals surface area contributed by atoms with Gasteiger partial charge in [0.15, 0.2) is 0 Å². The zero-order valence-corrected chi connectivity index (χ0v) is 17.3. The van der Waals surface area contributed by atoms with E-state index in [2.05, 4.69) is 34.2 Å². The predicted octanol–water partition coefficient (Wildman–Crippen LogP) is 1.88. The molecule has 3 rings (SSSR count). The van der Waals surface area contributed by atoms with Crippen LogP contribution in [0.15, 0.2) is 30.3 Å². The highest BCUT2D eigenvalue weighted by atomic mass is 16.2. The first kappa shape index (κ1) is 20.8. The van der Waals surface area contributed by atoms with Crippen LogP contribution in [0.4, 0.5) is 0 Å². The van der Waals surface area contributed by atoms with E-state index in [-0.39, 0.29) is 23.9 Å². The van der Waals surface area contributed by atoms with E-state index in [9.17, 15) is 9.59 Å². The zero-order chi connectivity index (χ0) is 19.9. The van der Waals surface area contributed by atoms with Crippen molar-refractivity contribution in [1.82, 2.24) is 20.0 Å². The molecule has 1 N–H and O–H groups in total. The molecule has 6 heteroatoms. The summed E-state index contributed by atoms with van der Waals surface area (Å²) in [5.41, 5.74) is 1.07. The number of hydrogen-bond donors (Lipinski definition) is 1. The van der Waals surface area contributed by atoms with Gasteiger partial charge in [0, 0.05) is 45.3 Å². The van der Waals surface area contributed by atoms with Crippen molar-refractivity contribution in [3.05, 3.63) is 35.9 Å². The molecule has 0 spiro atoms. The molecule has 6 nitrogen and oxygen atoms in total. The molecule has 154 valence electrons. The highest BCUT2D eigenvalue weighted by Crippen LogP contribution is 2.26. The van der Waals surface area contributed by atoms with Gasteiger partial charge in [-0.15, -0.1) is 0 Å². The zero-order valence-electron chi connectivity index (χ0n) is 17.3. The lowest BCUT2D eigenvalue weighted by Gasteiger charge is -2.39. The number of carbonyl (C=O) groups is 2. The van der Waals surface area contributed by atoms with Gasteiger partial charge in [-0.2, -0.15) is 0 Å². The molecule has 0 aromatic heterocycles. The number of benzene rings is 1. The summed E-state index contributed by atoms with van der Waals surface area (Å²) in [6.07, 6.45) is 3.15. The van der Waals surface area contributed by atoms with Crippen LogP contribution >= 0.6 is 0 Å². The molecule has 2 saturated heterocycles. The van der Waals surface area contributed by atoms with Crippen LogP contribution < -0.4 is 5.32 Å². The Morgan fingerprint density at radius 2 is 1.64 bits per heavy atom. The van der Waals surface area contributed by atoms with Crippen molar-refractivity contribution in [1.29, 1.82) is 0 Å². The third kappa shape index (κ3) is 5.32. The first-order valence-corrected chi connectivity index (χ1v) is 10.7. The summed E-state index contributed by atoms with van der Waals surface area (Å²) < 4.78 is 0. The number of piperazine rings is 1. The second kappa shape index (κ2) is 10.0. The monoisotopic (exact) mass is 386 g/mol. The molecule has 1 aromatic carbocycles. The fourth-order valence-electron chi connectivity index (χ4n) is 4.06. The maximum atomic E-state index is 13.3. The molecule has 1 aromatic rings. The van der Waals surface area contributed by atoms with Crippen molar-refractivity contribution < 1.29 is 9.59 Å². The minimum absolute atomic E-state index is 0.0931. The molecule has 2 aliphatic rings. The van der Waals surface area contributed by atoms with Crippen molar-refractivity contribution in [3.63, 3.8) is 0 Å². The summed E-state index contributed by atoms with van der Waals surface area (Å²) in [4.78, 5) is 31.9. The van der Waals surface area contributed by atoms with E-state index in [1.54, 1.807) is 0 Å². The van der Waals surface area contributed by atoms with Gasteiger partial charge in [-0.3, -0.25) is 19.4 Å². The van der Waals surface area contributed by atoms with E-state index in [0.29, 0.717) is 6.54 Å². The second-order valence-electron chi connectivity index (χ2n) is 8.03. The third-order valence-corrected chi connectivity index (χ3v) is 5.93. The second-order valence-corrected chi connectivity index (χ2v) is 8.03. The lowest BCUT2D eigenvalue weighted by atomic mass is 10.0. The van der Waals surface area contributed by atoms with Gasteiger partial charge in [0.2, 0.25) is 11.8 Å². The minimum Gasteiger partial charge on any atom is -0.353 e. The molecule has 0 radical (unpaired) electrons. The number of amides is 2. The van der Waals surface area contributed by atoms with Gasteiger partial charge in [0.05, 0.1) is 6.54 Å². The lowest BCUT2D eigenvalue weighted by Crippen LogP contribution is -2.53. The number of nitrogens with zero attached hydrogens (tertiary/aromatic N) is 3. The Balaban J connectivity index is 1.61. The van der Waals surface area contributed by atoms with Crippen LogP contribution in [0, 0.1) is 0 Å². The molecule has 2 fully saturated rings. The van der Waals surface area contributed by atoms with E-state index in [4.69, 9.17) is 0 Å². The van der Waals surface area contributed by atoms with Crippen molar-refractivity contribution in [2.24, 2.45) is 0 Å². The Morgan fingerprint density at radius 3 is 2.25 bits per heavy atom. The fraction of sp³-hybridized carbons (Fsp3) is 0.636. The summed E-state index contributed by atoms with van der Waals surface area (Å²) in [6.45, 7) is 9.51.